The Labute approximate surface area is 166 Å². The van der Waals surface area contributed by atoms with Crippen LogP contribution in [0.4, 0.5) is 0 Å². The number of fused-ring (bicyclic) bond motifs is 1. The summed E-state index contributed by atoms with van der Waals surface area (Å²) < 4.78 is 18.8. The molecule has 0 spiro atoms. The van der Waals surface area contributed by atoms with Crippen LogP contribution in [0.1, 0.15) is 32.0 Å². The van der Waals surface area contributed by atoms with Gasteiger partial charge in [-0.2, -0.15) is 0 Å². The van der Waals surface area contributed by atoms with Crippen molar-refractivity contribution in [3.8, 4) is 0 Å². The molecule has 0 aliphatic rings. The van der Waals surface area contributed by atoms with Gasteiger partial charge in [0.25, 0.3) is 0 Å². The molecule has 9 heteroatoms. The Kier molecular flexibility index (Phi) is 6.66. The third kappa shape index (κ3) is 4.23. The van der Waals surface area contributed by atoms with Crippen LogP contribution in [0.5, 0.6) is 0 Å². The van der Waals surface area contributed by atoms with Crippen LogP contribution in [0.2, 0.25) is 0 Å². The summed E-state index contributed by atoms with van der Waals surface area (Å²) >= 11 is 0. The molecule has 1 heterocycles. The lowest BCUT2D eigenvalue weighted by Crippen LogP contribution is -2.18. The fourth-order valence-electron chi connectivity index (χ4n) is 2.68. The molecule has 0 bridgehead atoms. The lowest BCUT2D eigenvalue weighted by atomic mass is 9.97. The van der Waals surface area contributed by atoms with Crippen molar-refractivity contribution in [2.75, 3.05) is 28.4 Å². The molecule has 0 N–H and O–H groups in total. The van der Waals surface area contributed by atoms with Gasteiger partial charge in [0.1, 0.15) is 11.1 Å². The van der Waals surface area contributed by atoms with Crippen LogP contribution < -0.4 is 0 Å². The minimum atomic E-state index is -1.00. The van der Waals surface area contributed by atoms with Crippen molar-refractivity contribution < 1.29 is 38.1 Å². The largest absolute Gasteiger partial charge is 0.465 e. The van der Waals surface area contributed by atoms with E-state index in [1.807, 2.05) is 0 Å². The SMILES string of the molecule is COC(=O)C(=Cc1nc2ccc(C)cc2c(C(=O)OC)c1C(=O)OC)C(=O)OC. The number of aryl methyl sites for hydroxylation is 1. The Hall–Kier alpha value is -3.75. The van der Waals surface area contributed by atoms with E-state index in [0.717, 1.165) is 40.1 Å². The predicted octanol–water partition coefficient (Wildman–Crippen LogP) is 1.85. The molecule has 0 fully saturated rings. The van der Waals surface area contributed by atoms with Crippen LogP contribution in [0.15, 0.2) is 23.8 Å². The first kappa shape index (κ1) is 21.5. The van der Waals surface area contributed by atoms with Gasteiger partial charge in [-0.15, -0.1) is 0 Å². The topological polar surface area (TPSA) is 118 Å². The summed E-state index contributed by atoms with van der Waals surface area (Å²) in [7, 11) is 4.45. The van der Waals surface area contributed by atoms with Crippen LogP contribution in [-0.4, -0.2) is 57.3 Å². The van der Waals surface area contributed by atoms with Crippen molar-refractivity contribution in [1.29, 1.82) is 0 Å². The van der Waals surface area contributed by atoms with E-state index in [2.05, 4.69) is 14.5 Å². The van der Waals surface area contributed by atoms with E-state index in [1.165, 1.54) is 0 Å². The molecular formula is C20H19NO8. The van der Waals surface area contributed by atoms with Crippen LogP contribution in [-0.2, 0) is 28.5 Å². The molecule has 0 saturated carbocycles. The van der Waals surface area contributed by atoms with E-state index in [-0.39, 0.29) is 16.8 Å². The number of esters is 4. The van der Waals surface area contributed by atoms with Gasteiger partial charge in [0.15, 0.2) is 0 Å². The van der Waals surface area contributed by atoms with E-state index in [4.69, 9.17) is 9.47 Å². The Morgan fingerprint density at radius 1 is 0.828 bits per heavy atom. The van der Waals surface area contributed by atoms with Crippen molar-refractivity contribution in [2.45, 2.75) is 6.92 Å². The van der Waals surface area contributed by atoms with Crippen LogP contribution in [0.25, 0.3) is 17.0 Å². The number of carbonyl (C=O) groups excluding carboxylic acids is 4. The summed E-state index contributed by atoms with van der Waals surface area (Å²) in [6.07, 6.45) is 1.01. The molecule has 0 unspecified atom stereocenters. The van der Waals surface area contributed by atoms with E-state index in [9.17, 15) is 19.2 Å². The molecule has 2 rings (SSSR count). The van der Waals surface area contributed by atoms with Crippen molar-refractivity contribution in [3.63, 3.8) is 0 Å². The fraction of sp³-hybridized carbons (Fsp3) is 0.250. The van der Waals surface area contributed by atoms with Crippen molar-refractivity contribution >= 4 is 40.9 Å². The van der Waals surface area contributed by atoms with Crippen LogP contribution in [0.3, 0.4) is 0 Å². The molecule has 0 radical (unpaired) electrons. The minimum absolute atomic E-state index is 0.103. The maximum atomic E-state index is 12.5. The quantitative estimate of drug-likeness (QED) is 0.243. The lowest BCUT2D eigenvalue weighted by molar-refractivity contribution is -0.143. The number of hydrogen-bond acceptors (Lipinski definition) is 9. The maximum Gasteiger partial charge on any atom is 0.345 e. The molecule has 1 aromatic carbocycles. The number of ether oxygens (including phenoxy) is 4. The monoisotopic (exact) mass is 401 g/mol. The van der Waals surface area contributed by atoms with E-state index in [1.54, 1.807) is 25.1 Å². The summed E-state index contributed by atoms with van der Waals surface area (Å²) in [4.78, 5) is 53.5. The number of aromatic nitrogens is 1. The summed E-state index contributed by atoms with van der Waals surface area (Å²) in [5.74, 6) is -3.71. The minimum Gasteiger partial charge on any atom is -0.465 e. The Bertz CT molecular complexity index is 1020. The lowest BCUT2D eigenvalue weighted by Gasteiger charge is -2.14. The fourth-order valence-corrected chi connectivity index (χ4v) is 2.68. The van der Waals surface area contributed by atoms with Gasteiger partial charge in [-0.05, 0) is 25.1 Å². The van der Waals surface area contributed by atoms with Crippen LogP contribution >= 0.6 is 0 Å². The van der Waals surface area contributed by atoms with Crippen molar-refractivity contribution in [2.24, 2.45) is 0 Å². The summed E-state index contributed by atoms with van der Waals surface area (Å²) in [5.41, 5.74) is 0.114. The molecule has 9 nitrogen and oxygen atoms in total. The molecule has 0 amide bonds. The molecule has 152 valence electrons. The van der Waals surface area contributed by atoms with Gasteiger partial charge >= 0.3 is 23.9 Å². The van der Waals surface area contributed by atoms with Gasteiger partial charge < -0.3 is 18.9 Å². The first-order chi connectivity index (χ1) is 13.8. The number of methoxy groups -OCH3 is 4. The van der Waals surface area contributed by atoms with Crippen molar-refractivity contribution in [1.82, 2.24) is 4.98 Å². The van der Waals surface area contributed by atoms with E-state index < -0.39 is 29.5 Å². The molecular weight excluding hydrogens is 382 g/mol. The van der Waals surface area contributed by atoms with Gasteiger partial charge in [-0.25, -0.2) is 24.2 Å². The molecule has 0 atom stereocenters. The second-order valence-corrected chi connectivity index (χ2v) is 5.79. The smallest absolute Gasteiger partial charge is 0.345 e. The standard InChI is InChI=1S/C20H19NO8/c1-10-6-7-13-11(8-10)15(19(24)28-4)16(20(25)29-5)14(21-13)9-12(17(22)26-2)18(23)27-3/h6-9H,1-5H3. The molecule has 0 saturated heterocycles. The Morgan fingerprint density at radius 2 is 1.38 bits per heavy atom. The molecule has 2 aromatic rings. The summed E-state index contributed by atoms with van der Waals surface area (Å²) in [6.45, 7) is 1.80. The van der Waals surface area contributed by atoms with Gasteiger partial charge in [0, 0.05) is 5.39 Å². The number of hydrogen-bond donors (Lipinski definition) is 0. The molecule has 0 aliphatic heterocycles. The highest BCUT2D eigenvalue weighted by Gasteiger charge is 2.28. The molecule has 29 heavy (non-hydrogen) atoms. The van der Waals surface area contributed by atoms with E-state index >= 15 is 0 Å². The number of carbonyl (C=O) groups is 4. The first-order valence-electron chi connectivity index (χ1n) is 8.28. The summed E-state index contributed by atoms with van der Waals surface area (Å²) in [6, 6.07) is 5.05. The third-order valence-corrected chi connectivity index (χ3v) is 4.04. The van der Waals surface area contributed by atoms with Gasteiger partial charge in [-0.1, -0.05) is 11.6 Å². The first-order valence-corrected chi connectivity index (χ1v) is 8.28. The molecule has 1 aromatic heterocycles. The highest BCUT2D eigenvalue weighted by molar-refractivity contribution is 6.19. The summed E-state index contributed by atoms with van der Waals surface area (Å²) in [5, 5.41) is 0.354. The number of rotatable bonds is 5. The Morgan fingerprint density at radius 3 is 1.90 bits per heavy atom. The number of pyridine rings is 1. The zero-order valence-electron chi connectivity index (χ0n) is 16.5. The Balaban J connectivity index is 3.01. The maximum absolute atomic E-state index is 12.5. The number of nitrogens with zero attached hydrogens (tertiary/aromatic N) is 1. The van der Waals surface area contributed by atoms with E-state index in [0.29, 0.717) is 10.9 Å². The third-order valence-electron chi connectivity index (χ3n) is 4.04. The highest BCUT2D eigenvalue weighted by atomic mass is 16.5. The second-order valence-electron chi connectivity index (χ2n) is 5.79. The predicted molar refractivity (Wildman–Crippen MR) is 101 cm³/mol. The normalized spacial score (nSPS) is 10.1. The average molecular weight is 401 g/mol. The second kappa shape index (κ2) is 8.96. The number of benzene rings is 1. The zero-order chi connectivity index (χ0) is 21.7. The average Bonchev–Trinajstić information content (AvgIpc) is 2.74. The van der Waals surface area contributed by atoms with Gasteiger partial charge in [0.05, 0.1) is 45.2 Å². The zero-order valence-corrected chi connectivity index (χ0v) is 16.5. The van der Waals surface area contributed by atoms with Gasteiger partial charge in [0.2, 0.25) is 0 Å². The van der Waals surface area contributed by atoms with Gasteiger partial charge in [-0.3, -0.25) is 0 Å². The van der Waals surface area contributed by atoms with Crippen LogP contribution in [0, 0.1) is 6.92 Å². The van der Waals surface area contributed by atoms with Crippen molar-refractivity contribution in [3.05, 3.63) is 46.2 Å². The molecule has 0 aliphatic carbocycles. The highest BCUT2D eigenvalue weighted by Crippen LogP contribution is 2.28.